The van der Waals surface area contributed by atoms with Crippen LogP contribution in [0.2, 0.25) is 0 Å². The number of amides is 1. The molecule has 0 aliphatic rings. The van der Waals surface area contributed by atoms with Gasteiger partial charge in [-0.2, -0.15) is 0 Å². The number of fused-ring (bicyclic) bond motifs is 1. The van der Waals surface area contributed by atoms with Gasteiger partial charge in [0.25, 0.3) is 5.91 Å². The Labute approximate surface area is 130 Å². The van der Waals surface area contributed by atoms with Crippen LogP contribution in [0.4, 0.5) is 0 Å². The number of carbonyl (C=O) groups excluding carboxylic acids is 1. The molecule has 0 saturated carbocycles. The van der Waals surface area contributed by atoms with E-state index in [9.17, 15) is 4.79 Å². The first-order valence-corrected chi connectivity index (χ1v) is 7.65. The molecule has 0 radical (unpaired) electrons. The first-order valence-electron chi connectivity index (χ1n) is 7.65. The van der Waals surface area contributed by atoms with E-state index in [4.69, 9.17) is 0 Å². The highest BCUT2D eigenvalue weighted by Gasteiger charge is 2.13. The van der Waals surface area contributed by atoms with Crippen molar-refractivity contribution in [3.63, 3.8) is 0 Å². The van der Waals surface area contributed by atoms with Gasteiger partial charge in [-0.05, 0) is 31.4 Å². The molecule has 2 aromatic carbocycles. The van der Waals surface area contributed by atoms with E-state index in [1.54, 1.807) is 6.20 Å². The molecule has 3 aromatic rings. The molecule has 0 spiro atoms. The molecule has 22 heavy (non-hydrogen) atoms. The minimum Gasteiger partial charge on any atom is -0.360 e. The number of rotatable bonds is 5. The second kappa shape index (κ2) is 6.48. The summed E-state index contributed by atoms with van der Waals surface area (Å²) in [6.45, 7) is 2.05. The summed E-state index contributed by atoms with van der Waals surface area (Å²) >= 11 is 0. The van der Waals surface area contributed by atoms with Gasteiger partial charge in [0.2, 0.25) is 0 Å². The Balaban J connectivity index is 1.61. The maximum absolute atomic E-state index is 12.4. The quantitative estimate of drug-likeness (QED) is 0.735. The van der Waals surface area contributed by atoms with Crippen LogP contribution in [-0.4, -0.2) is 16.9 Å². The first kappa shape index (κ1) is 14.4. The third kappa shape index (κ3) is 3.19. The Bertz CT molecular complexity index is 761. The maximum Gasteiger partial charge on any atom is 0.253 e. The van der Waals surface area contributed by atoms with Gasteiger partial charge in [-0.3, -0.25) is 4.79 Å². The third-order valence-electron chi connectivity index (χ3n) is 3.92. The fourth-order valence-corrected chi connectivity index (χ4v) is 2.66. The van der Waals surface area contributed by atoms with Crippen LogP contribution >= 0.6 is 0 Å². The van der Waals surface area contributed by atoms with Gasteiger partial charge in [0.05, 0.1) is 5.56 Å². The number of para-hydroxylation sites is 1. The van der Waals surface area contributed by atoms with E-state index < -0.39 is 0 Å². The van der Waals surface area contributed by atoms with Crippen molar-refractivity contribution in [2.75, 3.05) is 0 Å². The highest BCUT2D eigenvalue weighted by molar-refractivity contribution is 6.06. The Morgan fingerprint density at radius 2 is 1.82 bits per heavy atom. The van der Waals surface area contributed by atoms with Crippen LogP contribution < -0.4 is 5.32 Å². The monoisotopic (exact) mass is 292 g/mol. The molecule has 0 saturated heterocycles. The van der Waals surface area contributed by atoms with Gasteiger partial charge in [0.15, 0.2) is 0 Å². The standard InChI is InChI=1S/C19H20N2O/c1-14(11-12-15-7-3-2-4-8-15)21-19(22)17-13-20-18-10-6-5-9-16(17)18/h2-10,13-14,20H,11-12H2,1H3,(H,21,22). The molecular formula is C19H20N2O. The molecule has 3 heteroatoms. The summed E-state index contributed by atoms with van der Waals surface area (Å²) in [6.07, 6.45) is 3.68. The number of hydrogen-bond donors (Lipinski definition) is 2. The summed E-state index contributed by atoms with van der Waals surface area (Å²) in [6, 6.07) is 18.3. The van der Waals surface area contributed by atoms with Crippen molar-refractivity contribution < 1.29 is 4.79 Å². The summed E-state index contributed by atoms with van der Waals surface area (Å²) in [5, 5.41) is 4.05. The number of benzene rings is 2. The summed E-state index contributed by atoms with van der Waals surface area (Å²) in [5.74, 6) is -0.0157. The molecule has 0 aliphatic carbocycles. The number of nitrogens with one attached hydrogen (secondary N) is 2. The molecule has 112 valence electrons. The Morgan fingerprint density at radius 3 is 2.64 bits per heavy atom. The van der Waals surface area contributed by atoms with Crippen LogP contribution in [-0.2, 0) is 6.42 Å². The normalized spacial score (nSPS) is 12.2. The zero-order valence-corrected chi connectivity index (χ0v) is 12.7. The number of carbonyl (C=O) groups is 1. The van der Waals surface area contributed by atoms with Crippen molar-refractivity contribution in [2.24, 2.45) is 0 Å². The van der Waals surface area contributed by atoms with Gasteiger partial charge in [0.1, 0.15) is 0 Å². The lowest BCUT2D eigenvalue weighted by Crippen LogP contribution is -2.32. The van der Waals surface area contributed by atoms with E-state index in [2.05, 4.69) is 29.4 Å². The lowest BCUT2D eigenvalue weighted by molar-refractivity contribution is 0.0940. The summed E-state index contributed by atoms with van der Waals surface area (Å²) in [5.41, 5.74) is 3.00. The molecule has 1 heterocycles. The van der Waals surface area contributed by atoms with Crippen LogP contribution in [0.25, 0.3) is 10.9 Å². The minimum absolute atomic E-state index is 0.0157. The average Bonchev–Trinajstić information content (AvgIpc) is 2.98. The van der Waals surface area contributed by atoms with E-state index in [0.29, 0.717) is 5.56 Å². The largest absolute Gasteiger partial charge is 0.360 e. The van der Waals surface area contributed by atoms with Gasteiger partial charge >= 0.3 is 0 Å². The second-order valence-electron chi connectivity index (χ2n) is 5.65. The molecule has 1 amide bonds. The lowest BCUT2D eigenvalue weighted by Gasteiger charge is -2.13. The van der Waals surface area contributed by atoms with Crippen LogP contribution in [0.3, 0.4) is 0 Å². The second-order valence-corrected chi connectivity index (χ2v) is 5.65. The highest BCUT2D eigenvalue weighted by atomic mass is 16.1. The number of aromatic nitrogens is 1. The SMILES string of the molecule is CC(CCc1ccccc1)NC(=O)c1c[nH]c2ccccc12. The molecule has 0 bridgehead atoms. The van der Waals surface area contributed by atoms with Crippen LogP contribution in [0.1, 0.15) is 29.3 Å². The average molecular weight is 292 g/mol. The van der Waals surface area contributed by atoms with E-state index in [0.717, 1.165) is 23.7 Å². The zero-order chi connectivity index (χ0) is 15.4. The fourth-order valence-electron chi connectivity index (χ4n) is 2.66. The van der Waals surface area contributed by atoms with Crippen molar-refractivity contribution in [1.29, 1.82) is 0 Å². The van der Waals surface area contributed by atoms with Crippen molar-refractivity contribution in [3.8, 4) is 0 Å². The Morgan fingerprint density at radius 1 is 1.09 bits per heavy atom. The van der Waals surface area contributed by atoms with Crippen molar-refractivity contribution >= 4 is 16.8 Å². The highest BCUT2D eigenvalue weighted by Crippen LogP contribution is 2.17. The fraction of sp³-hybridized carbons (Fsp3) is 0.211. The number of H-pyrrole nitrogens is 1. The lowest BCUT2D eigenvalue weighted by atomic mass is 10.1. The molecule has 2 N–H and O–H groups in total. The predicted octanol–water partition coefficient (Wildman–Crippen LogP) is 3.92. The Hall–Kier alpha value is -2.55. The Kier molecular flexibility index (Phi) is 4.24. The van der Waals surface area contributed by atoms with E-state index in [-0.39, 0.29) is 11.9 Å². The summed E-state index contributed by atoms with van der Waals surface area (Å²) < 4.78 is 0. The van der Waals surface area contributed by atoms with Gasteiger partial charge in [-0.15, -0.1) is 0 Å². The first-order chi connectivity index (χ1) is 10.7. The molecule has 1 atom stereocenters. The van der Waals surface area contributed by atoms with Crippen LogP contribution in [0, 0.1) is 0 Å². The number of aryl methyl sites for hydroxylation is 1. The summed E-state index contributed by atoms with van der Waals surface area (Å²) in [4.78, 5) is 15.5. The topological polar surface area (TPSA) is 44.9 Å². The molecule has 3 rings (SSSR count). The minimum atomic E-state index is -0.0157. The molecule has 0 aliphatic heterocycles. The van der Waals surface area contributed by atoms with Gasteiger partial charge in [-0.1, -0.05) is 48.5 Å². The van der Waals surface area contributed by atoms with Crippen molar-refractivity contribution in [2.45, 2.75) is 25.8 Å². The van der Waals surface area contributed by atoms with Crippen LogP contribution in [0.5, 0.6) is 0 Å². The zero-order valence-electron chi connectivity index (χ0n) is 12.7. The molecule has 1 aromatic heterocycles. The molecule has 0 fully saturated rings. The molecule has 3 nitrogen and oxygen atoms in total. The van der Waals surface area contributed by atoms with Gasteiger partial charge in [-0.25, -0.2) is 0 Å². The maximum atomic E-state index is 12.4. The number of aromatic amines is 1. The summed E-state index contributed by atoms with van der Waals surface area (Å²) in [7, 11) is 0. The van der Waals surface area contributed by atoms with Gasteiger partial charge in [0, 0.05) is 23.1 Å². The van der Waals surface area contributed by atoms with E-state index in [1.807, 2.05) is 42.5 Å². The predicted molar refractivity (Wildman–Crippen MR) is 90.0 cm³/mol. The third-order valence-corrected chi connectivity index (χ3v) is 3.92. The number of hydrogen-bond acceptors (Lipinski definition) is 1. The van der Waals surface area contributed by atoms with Crippen molar-refractivity contribution in [1.82, 2.24) is 10.3 Å². The smallest absolute Gasteiger partial charge is 0.253 e. The van der Waals surface area contributed by atoms with E-state index in [1.165, 1.54) is 5.56 Å². The molecular weight excluding hydrogens is 272 g/mol. The van der Waals surface area contributed by atoms with Crippen LogP contribution in [0.15, 0.2) is 60.8 Å². The van der Waals surface area contributed by atoms with Crippen molar-refractivity contribution in [3.05, 3.63) is 71.9 Å². The van der Waals surface area contributed by atoms with E-state index >= 15 is 0 Å². The molecule has 1 unspecified atom stereocenters. The van der Waals surface area contributed by atoms with Gasteiger partial charge < -0.3 is 10.3 Å².